The first-order valence-electron chi connectivity index (χ1n) is 6.37. The Morgan fingerprint density at radius 3 is 2.00 bits per heavy atom. The molecule has 5 nitrogen and oxygen atoms in total. The van der Waals surface area contributed by atoms with Crippen LogP contribution < -0.4 is 5.73 Å². The van der Waals surface area contributed by atoms with Gasteiger partial charge in [0.2, 0.25) is 0 Å². The van der Waals surface area contributed by atoms with Crippen LogP contribution in [0.15, 0.2) is 4.21 Å². The molecule has 0 aliphatic rings. The molecule has 7 heteroatoms. The molecule has 0 fully saturated rings. The molecule has 0 unspecified atom stereocenters. The molecule has 0 spiro atoms. The Morgan fingerprint density at radius 1 is 1.21 bits per heavy atom. The van der Waals surface area contributed by atoms with Crippen molar-refractivity contribution in [3.05, 3.63) is 5.69 Å². The molecule has 19 heavy (non-hydrogen) atoms. The number of nitrogens with zero attached hydrogens (tertiary/aromatic N) is 2. The summed E-state index contributed by atoms with van der Waals surface area (Å²) in [5, 5.41) is 0.296. The summed E-state index contributed by atoms with van der Waals surface area (Å²) < 4.78 is 27.2. The zero-order valence-electron chi connectivity index (χ0n) is 12.2. The number of thiazole rings is 1. The molecule has 0 aromatic carbocycles. The van der Waals surface area contributed by atoms with E-state index in [1.807, 2.05) is 27.7 Å². The van der Waals surface area contributed by atoms with Gasteiger partial charge < -0.3 is 5.73 Å². The largest absolute Gasteiger partial charge is 0.375 e. The van der Waals surface area contributed by atoms with Crippen LogP contribution in [0.3, 0.4) is 0 Å². The molecule has 0 bridgehead atoms. The molecule has 0 radical (unpaired) electrons. The Kier molecular flexibility index (Phi) is 5.34. The van der Waals surface area contributed by atoms with E-state index in [0.29, 0.717) is 23.9 Å². The van der Waals surface area contributed by atoms with E-state index < -0.39 is 10.0 Å². The van der Waals surface area contributed by atoms with Crippen molar-refractivity contribution in [1.82, 2.24) is 9.29 Å². The van der Waals surface area contributed by atoms with Crippen LogP contribution in [-0.4, -0.2) is 30.8 Å². The van der Waals surface area contributed by atoms with Crippen molar-refractivity contribution in [3.63, 3.8) is 0 Å². The van der Waals surface area contributed by atoms with Crippen molar-refractivity contribution < 1.29 is 8.42 Å². The number of aryl methyl sites for hydroxylation is 1. The van der Waals surface area contributed by atoms with E-state index in [1.54, 1.807) is 11.2 Å². The molecule has 0 aliphatic carbocycles. The smallest absolute Gasteiger partial charge is 0.254 e. The first kappa shape index (κ1) is 16.4. The van der Waals surface area contributed by atoms with Crippen molar-refractivity contribution in [2.45, 2.75) is 38.8 Å². The Hall–Kier alpha value is -0.660. The van der Waals surface area contributed by atoms with Crippen molar-refractivity contribution in [2.24, 2.45) is 11.8 Å². The Morgan fingerprint density at radius 2 is 1.68 bits per heavy atom. The number of aromatic nitrogens is 1. The summed E-state index contributed by atoms with van der Waals surface area (Å²) in [5.41, 5.74) is 6.09. The summed E-state index contributed by atoms with van der Waals surface area (Å²) in [4.78, 5) is 4.01. The Balaban J connectivity index is 3.15. The predicted octanol–water partition coefficient (Wildman–Crippen LogP) is 2.34. The van der Waals surface area contributed by atoms with Crippen molar-refractivity contribution >= 4 is 26.5 Å². The minimum Gasteiger partial charge on any atom is -0.375 e. The van der Waals surface area contributed by atoms with Gasteiger partial charge in [0.15, 0.2) is 9.34 Å². The van der Waals surface area contributed by atoms with Gasteiger partial charge in [0.25, 0.3) is 10.0 Å². The quantitative estimate of drug-likeness (QED) is 0.875. The van der Waals surface area contributed by atoms with E-state index in [-0.39, 0.29) is 16.0 Å². The first-order valence-corrected chi connectivity index (χ1v) is 8.63. The minimum atomic E-state index is -3.49. The highest BCUT2D eigenvalue weighted by Gasteiger charge is 2.29. The van der Waals surface area contributed by atoms with Crippen LogP contribution in [0, 0.1) is 18.8 Å². The monoisotopic (exact) mass is 305 g/mol. The fraction of sp³-hybridized carbons (Fsp3) is 0.750. The number of hydrogen-bond acceptors (Lipinski definition) is 5. The van der Waals surface area contributed by atoms with Crippen LogP contribution in [0.25, 0.3) is 0 Å². The predicted molar refractivity (Wildman–Crippen MR) is 79.7 cm³/mol. The molecule has 1 aromatic heterocycles. The zero-order valence-corrected chi connectivity index (χ0v) is 13.8. The summed E-state index contributed by atoms with van der Waals surface area (Å²) in [7, 11) is -3.49. The minimum absolute atomic E-state index is 0.270. The average Bonchev–Trinajstić information content (AvgIpc) is 2.56. The molecule has 0 amide bonds. The maximum Gasteiger partial charge on any atom is 0.254 e. The fourth-order valence-corrected chi connectivity index (χ4v) is 5.05. The van der Waals surface area contributed by atoms with Gasteiger partial charge in [0, 0.05) is 13.1 Å². The highest BCUT2D eigenvalue weighted by atomic mass is 32.2. The van der Waals surface area contributed by atoms with E-state index in [9.17, 15) is 8.42 Å². The summed E-state index contributed by atoms with van der Waals surface area (Å²) in [6, 6.07) is 0. The molecule has 0 aliphatic heterocycles. The van der Waals surface area contributed by atoms with Gasteiger partial charge in [-0.1, -0.05) is 39.0 Å². The molecule has 0 saturated carbocycles. The van der Waals surface area contributed by atoms with E-state index in [2.05, 4.69) is 4.98 Å². The Labute approximate surface area is 119 Å². The van der Waals surface area contributed by atoms with Crippen LogP contribution in [-0.2, 0) is 10.0 Å². The number of sulfonamides is 1. The van der Waals surface area contributed by atoms with Gasteiger partial charge in [-0.2, -0.15) is 4.31 Å². The number of hydrogen-bond donors (Lipinski definition) is 1. The lowest BCUT2D eigenvalue weighted by Crippen LogP contribution is -2.36. The van der Waals surface area contributed by atoms with Gasteiger partial charge in [-0.25, -0.2) is 13.4 Å². The highest BCUT2D eigenvalue weighted by molar-refractivity contribution is 7.91. The molecular weight excluding hydrogens is 282 g/mol. The number of anilines is 1. The highest BCUT2D eigenvalue weighted by Crippen LogP contribution is 2.28. The van der Waals surface area contributed by atoms with E-state index in [0.717, 1.165) is 11.3 Å². The third-order valence-corrected chi connectivity index (χ3v) is 5.89. The van der Waals surface area contributed by atoms with E-state index >= 15 is 0 Å². The second-order valence-corrected chi connectivity index (χ2v) is 8.70. The molecule has 0 saturated heterocycles. The third-order valence-electron chi connectivity index (χ3n) is 2.48. The van der Waals surface area contributed by atoms with Crippen molar-refractivity contribution in [2.75, 3.05) is 18.8 Å². The lowest BCUT2D eigenvalue weighted by Gasteiger charge is -2.25. The standard InChI is InChI=1S/C12H23N3O2S2/c1-8(2)6-15(7-9(3)4)19(16,17)11-10(5)14-12(13)18-11/h8-9H,6-7H2,1-5H3,(H2,13,14). The SMILES string of the molecule is Cc1nc(N)sc1S(=O)(=O)N(CC(C)C)CC(C)C. The van der Waals surface area contributed by atoms with E-state index in [1.165, 1.54) is 0 Å². The number of nitrogens with two attached hydrogens (primary N) is 1. The third kappa shape index (κ3) is 4.15. The molecule has 0 atom stereocenters. The van der Waals surface area contributed by atoms with Gasteiger partial charge >= 0.3 is 0 Å². The second kappa shape index (κ2) is 6.19. The van der Waals surface area contributed by atoms with Gasteiger partial charge in [0.1, 0.15) is 0 Å². The van der Waals surface area contributed by atoms with Crippen LogP contribution in [0.2, 0.25) is 0 Å². The zero-order chi connectivity index (χ0) is 14.8. The van der Waals surface area contributed by atoms with Crippen LogP contribution >= 0.6 is 11.3 Å². The maximum absolute atomic E-state index is 12.7. The molecule has 1 heterocycles. The summed E-state index contributed by atoms with van der Waals surface area (Å²) in [5.74, 6) is 0.554. The lowest BCUT2D eigenvalue weighted by atomic mass is 10.2. The summed E-state index contributed by atoms with van der Waals surface area (Å²) in [6.07, 6.45) is 0. The van der Waals surface area contributed by atoms with Crippen molar-refractivity contribution in [3.8, 4) is 0 Å². The van der Waals surface area contributed by atoms with Crippen LogP contribution in [0.1, 0.15) is 33.4 Å². The normalized spacial score (nSPS) is 12.8. The molecular formula is C12H23N3O2S2. The summed E-state index contributed by atoms with van der Waals surface area (Å²) >= 11 is 1.04. The maximum atomic E-state index is 12.7. The van der Waals surface area contributed by atoms with E-state index in [4.69, 9.17) is 5.73 Å². The van der Waals surface area contributed by atoms with Crippen LogP contribution in [0.4, 0.5) is 5.13 Å². The van der Waals surface area contributed by atoms with Gasteiger partial charge in [0.05, 0.1) is 5.69 Å². The summed E-state index contributed by atoms with van der Waals surface area (Å²) in [6.45, 7) is 10.7. The number of nitrogen functional groups attached to an aromatic ring is 1. The molecule has 1 rings (SSSR count). The molecule has 2 N–H and O–H groups in total. The topological polar surface area (TPSA) is 76.3 Å². The number of rotatable bonds is 6. The van der Waals surface area contributed by atoms with Crippen molar-refractivity contribution in [1.29, 1.82) is 0 Å². The lowest BCUT2D eigenvalue weighted by molar-refractivity contribution is 0.334. The fourth-order valence-electron chi connectivity index (χ4n) is 1.84. The second-order valence-electron chi connectivity index (χ2n) is 5.53. The first-order chi connectivity index (χ1) is 8.64. The molecule has 110 valence electrons. The van der Waals surface area contributed by atoms with Gasteiger partial charge in [-0.15, -0.1) is 0 Å². The molecule has 1 aromatic rings. The Bertz CT molecular complexity index is 511. The van der Waals surface area contributed by atoms with Crippen LogP contribution in [0.5, 0.6) is 0 Å². The van der Waals surface area contributed by atoms with Gasteiger partial charge in [-0.05, 0) is 18.8 Å². The van der Waals surface area contributed by atoms with Gasteiger partial charge in [-0.3, -0.25) is 0 Å². The average molecular weight is 305 g/mol.